The maximum atomic E-state index is 13.0. The summed E-state index contributed by atoms with van der Waals surface area (Å²) in [6.07, 6.45) is 0.241. The van der Waals surface area contributed by atoms with Crippen molar-refractivity contribution in [2.45, 2.75) is 45.4 Å². The highest BCUT2D eigenvalue weighted by atomic mass is 16.5. The average Bonchev–Trinajstić information content (AvgIpc) is 2.81. The average molecular weight is 427 g/mol. The van der Waals surface area contributed by atoms with Crippen molar-refractivity contribution in [3.63, 3.8) is 0 Å². The van der Waals surface area contributed by atoms with Crippen molar-refractivity contribution in [1.82, 2.24) is 10.6 Å². The predicted octanol–water partition coefficient (Wildman–Crippen LogP) is 3.23. The van der Waals surface area contributed by atoms with Crippen LogP contribution in [-0.4, -0.2) is 37.2 Å². The summed E-state index contributed by atoms with van der Waals surface area (Å²) < 4.78 is 10.1. The number of benzene rings is 2. The number of hydrogen-bond acceptors (Lipinski definition) is 5. The maximum absolute atomic E-state index is 13.0. The molecule has 3 atom stereocenters. The Balaban J connectivity index is 2.03. The van der Waals surface area contributed by atoms with E-state index in [1.54, 1.807) is 0 Å². The van der Waals surface area contributed by atoms with Crippen LogP contribution in [0.5, 0.6) is 0 Å². The van der Waals surface area contributed by atoms with Crippen molar-refractivity contribution < 1.29 is 23.9 Å². The first-order chi connectivity index (χ1) is 14.9. The normalized spacial score (nSPS) is 13.4. The van der Waals surface area contributed by atoms with Crippen LogP contribution in [0.15, 0.2) is 60.7 Å². The number of alkyl carbamates (subject to hydrolysis) is 1. The van der Waals surface area contributed by atoms with Crippen molar-refractivity contribution in [3.05, 3.63) is 71.8 Å². The molecule has 166 valence electrons. The molecule has 0 aliphatic carbocycles. The minimum atomic E-state index is -0.867. The van der Waals surface area contributed by atoms with Gasteiger partial charge in [-0.05, 0) is 17.0 Å². The summed E-state index contributed by atoms with van der Waals surface area (Å²) in [5.74, 6) is -1.18. The highest BCUT2D eigenvalue weighted by Gasteiger charge is 2.30. The lowest BCUT2D eigenvalue weighted by Crippen LogP contribution is -2.54. The summed E-state index contributed by atoms with van der Waals surface area (Å²) >= 11 is 0. The van der Waals surface area contributed by atoms with Gasteiger partial charge in [0.25, 0.3) is 0 Å². The molecule has 0 aliphatic rings. The van der Waals surface area contributed by atoms with Crippen LogP contribution in [-0.2, 0) is 32.1 Å². The lowest BCUT2D eigenvalue weighted by Gasteiger charge is -2.25. The van der Waals surface area contributed by atoms with E-state index in [4.69, 9.17) is 9.47 Å². The van der Waals surface area contributed by atoms with Crippen molar-refractivity contribution >= 4 is 18.0 Å². The van der Waals surface area contributed by atoms with E-state index in [1.165, 1.54) is 7.11 Å². The molecular weight excluding hydrogens is 396 g/mol. The van der Waals surface area contributed by atoms with Gasteiger partial charge in [-0.3, -0.25) is 4.79 Å². The fraction of sp³-hybridized carbons (Fsp3) is 0.375. The molecule has 2 rings (SSSR count). The second-order valence-corrected chi connectivity index (χ2v) is 7.34. The maximum Gasteiger partial charge on any atom is 0.408 e. The summed E-state index contributed by atoms with van der Waals surface area (Å²) in [6.45, 7) is 3.87. The number of ether oxygens (including phenoxy) is 2. The Morgan fingerprint density at radius 2 is 1.48 bits per heavy atom. The van der Waals surface area contributed by atoms with E-state index in [0.717, 1.165) is 11.1 Å². The van der Waals surface area contributed by atoms with Gasteiger partial charge in [0.1, 0.15) is 18.7 Å². The van der Waals surface area contributed by atoms with Crippen LogP contribution in [0.25, 0.3) is 0 Å². The first-order valence-electron chi connectivity index (χ1n) is 10.3. The number of carbonyl (C=O) groups is 3. The zero-order valence-electron chi connectivity index (χ0n) is 18.2. The third-order valence-corrected chi connectivity index (χ3v) is 5.07. The summed E-state index contributed by atoms with van der Waals surface area (Å²) in [7, 11) is 1.28. The number of hydrogen-bond donors (Lipinski definition) is 2. The zero-order chi connectivity index (χ0) is 22.6. The number of rotatable bonds is 10. The van der Waals surface area contributed by atoms with Crippen LogP contribution in [0.4, 0.5) is 4.79 Å². The fourth-order valence-corrected chi connectivity index (χ4v) is 3.04. The van der Waals surface area contributed by atoms with E-state index in [-0.39, 0.29) is 18.9 Å². The van der Waals surface area contributed by atoms with Crippen molar-refractivity contribution in [1.29, 1.82) is 0 Å². The van der Waals surface area contributed by atoms with Crippen LogP contribution in [0.3, 0.4) is 0 Å². The van der Waals surface area contributed by atoms with Gasteiger partial charge < -0.3 is 20.1 Å². The van der Waals surface area contributed by atoms with Gasteiger partial charge in [0, 0.05) is 6.42 Å². The van der Waals surface area contributed by atoms with Gasteiger partial charge in [0.15, 0.2) is 0 Å². The summed E-state index contributed by atoms with van der Waals surface area (Å²) in [5, 5.41) is 5.37. The van der Waals surface area contributed by atoms with Gasteiger partial charge >= 0.3 is 12.1 Å². The second kappa shape index (κ2) is 12.4. The molecule has 0 aromatic heterocycles. The predicted molar refractivity (Wildman–Crippen MR) is 117 cm³/mol. The van der Waals surface area contributed by atoms with Crippen molar-refractivity contribution in [2.75, 3.05) is 7.11 Å². The third-order valence-electron chi connectivity index (χ3n) is 5.07. The lowest BCUT2D eigenvalue weighted by molar-refractivity contribution is -0.145. The standard InChI is InChI=1S/C24H30N2O5/c1-4-17(2)21(26-24(29)31-16-19-13-9-6-10-14-19)22(27)25-20(23(28)30-3)15-18-11-7-5-8-12-18/h5-14,17,20-21H,4,15-16H2,1-3H3,(H,25,27)(H,26,29)/t17-,20+,21+/m0/s1. The molecule has 2 N–H and O–H groups in total. The molecule has 0 fully saturated rings. The topological polar surface area (TPSA) is 93.7 Å². The highest BCUT2D eigenvalue weighted by molar-refractivity contribution is 5.90. The van der Waals surface area contributed by atoms with Gasteiger partial charge in [0.2, 0.25) is 5.91 Å². The SMILES string of the molecule is CC[C@H](C)[C@@H](NC(=O)OCc1ccccc1)C(=O)N[C@H](Cc1ccccc1)C(=O)OC. The quantitative estimate of drug-likeness (QED) is 0.569. The summed E-state index contributed by atoms with van der Waals surface area (Å²) in [4.78, 5) is 37.5. The minimum absolute atomic E-state index is 0.0975. The Bertz CT molecular complexity index is 842. The fourth-order valence-electron chi connectivity index (χ4n) is 3.04. The van der Waals surface area contributed by atoms with E-state index >= 15 is 0 Å². The van der Waals surface area contributed by atoms with Gasteiger partial charge in [-0.25, -0.2) is 9.59 Å². The molecule has 31 heavy (non-hydrogen) atoms. The first-order valence-corrected chi connectivity index (χ1v) is 10.3. The van der Waals surface area contributed by atoms with Gasteiger partial charge in [-0.15, -0.1) is 0 Å². The van der Waals surface area contributed by atoms with Crippen LogP contribution < -0.4 is 10.6 Å². The molecule has 0 unspecified atom stereocenters. The molecule has 7 nitrogen and oxygen atoms in total. The van der Waals surface area contributed by atoms with Crippen molar-refractivity contribution in [2.24, 2.45) is 5.92 Å². The number of nitrogens with one attached hydrogen (secondary N) is 2. The number of methoxy groups -OCH3 is 1. The van der Waals surface area contributed by atoms with Gasteiger partial charge in [-0.1, -0.05) is 80.9 Å². The van der Waals surface area contributed by atoms with Crippen LogP contribution in [0.2, 0.25) is 0 Å². The zero-order valence-corrected chi connectivity index (χ0v) is 18.2. The molecule has 7 heteroatoms. The van der Waals surface area contributed by atoms with E-state index in [9.17, 15) is 14.4 Å². The molecule has 0 heterocycles. The van der Waals surface area contributed by atoms with Gasteiger partial charge in [-0.2, -0.15) is 0 Å². The Hall–Kier alpha value is -3.35. The number of amides is 2. The van der Waals surface area contributed by atoms with E-state index in [1.807, 2.05) is 74.5 Å². The van der Waals surface area contributed by atoms with E-state index in [2.05, 4.69) is 10.6 Å². The summed E-state index contributed by atoms with van der Waals surface area (Å²) in [6, 6.07) is 16.9. The largest absolute Gasteiger partial charge is 0.467 e. The Kier molecular flexibility index (Phi) is 9.55. The monoisotopic (exact) mass is 426 g/mol. The van der Waals surface area contributed by atoms with Crippen LogP contribution >= 0.6 is 0 Å². The summed E-state index contributed by atoms with van der Waals surface area (Å²) in [5.41, 5.74) is 1.73. The van der Waals surface area contributed by atoms with Crippen LogP contribution in [0, 0.1) is 5.92 Å². The highest BCUT2D eigenvalue weighted by Crippen LogP contribution is 2.11. The molecule has 0 saturated carbocycles. The number of esters is 1. The van der Waals surface area contributed by atoms with Gasteiger partial charge in [0.05, 0.1) is 7.11 Å². The molecular formula is C24H30N2O5. The molecule has 2 amide bonds. The minimum Gasteiger partial charge on any atom is -0.467 e. The Morgan fingerprint density at radius 1 is 0.903 bits per heavy atom. The second-order valence-electron chi connectivity index (χ2n) is 7.34. The smallest absolute Gasteiger partial charge is 0.408 e. The van der Waals surface area contributed by atoms with E-state index < -0.39 is 30.1 Å². The molecule has 2 aromatic carbocycles. The molecule has 0 saturated heterocycles. The molecule has 0 bridgehead atoms. The molecule has 2 aromatic rings. The molecule has 0 aliphatic heterocycles. The molecule has 0 spiro atoms. The van der Waals surface area contributed by atoms with Crippen LogP contribution in [0.1, 0.15) is 31.4 Å². The third kappa shape index (κ3) is 7.77. The Labute approximate surface area is 183 Å². The van der Waals surface area contributed by atoms with Crippen molar-refractivity contribution in [3.8, 4) is 0 Å². The number of carbonyl (C=O) groups excluding carboxylic acids is 3. The van der Waals surface area contributed by atoms with E-state index in [0.29, 0.717) is 6.42 Å². The Morgan fingerprint density at radius 3 is 2.03 bits per heavy atom. The lowest BCUT2D eigenvalue weighted by atomic mass is 9.97. The first kappa shape index (κ1) is 23.9. The molecule has 0 radical (unpaired) electrons.